The summed E-state index contributed by atoms with van der Waals surface area (Å²) in [4.78, 5) is 37.8. The second kappa shape index (κ2) is 48.0. The van der Waals surface area contributed by atoms with Gasteiger partial charge in [-0.2, -0.15) is 0 Å². The maximum Gasteiger partial charge on any atom is 0.306 e. The van der Waals surface area contributed by atoms with Crippen LogP contribution in [0.15, 0.2) is 48.6 Å². The van der Waals surface area contributed by atoms with Gasteiger partial charge in [-0.1, -0.05) is 204 Å². The lowest BCUT2D eigenvalue weighted by Gasteiger charge is -2.28. The Morgan fingerprint density at radius 1 is 0.470 bits per heavy atom. The number of carbonyl (C=O) groups is 2. The molecule has 0 saturated carbocycles. The van der Waals surface area contributed by atoms with Crippen molar-refractivity contribution in [2.45, 2.75) is 251 Å². The van der Waals surface area contributed by atoms with Crippen molar-refractivity contribution in [1.29, 1.82) is 0 Å². The summed E-state index contributed by atoms with van der Waals surface area (Å²) in [7, 11) is 1.16. The second-order valence-corrected chi connectivity index (χ2v) is 21.0. The third-order valence-corrected chi connectivity index (χ3v) is 12.8. The van der Waals surface area contributed by atoms with Crippen LogP contribution in [0.5, 0.6) is 0 Å². The van der Waals surface area contributed by atoms with Crippen LogP contribution in [-0.2, 0) is 32.7 Å². The third-order valence-electron chi connectivity index (χ3n) is 11.8. The summed E-state index contributed by atoms with van der Waals surface area (Å²) in [5.74, 6) is -0.838. The molecule has 0 bridgehead atoms. The summed E-state index contributed by atoms with van der Waals surface area (Å²) in [5, 5.41) is 0. The fourth-order valence-electron chi connectivity index (χ4n) is 7.54. The Morgan fingerprint density at radius 2 is 0.818 bits per heavy atom. The Morgan fingerprint density at radius 3 is 1.20 bits per heavy atom. The van der Waals surface area contributed by atoms with Crippen LogP contribution in [0.2, 0.25) is 0 Å². The largest absolute Gasteiger partial charge is 0.756 e. The highest BCUT2D eigenvalue weighted by atomic mass is 31.2. The predicted octanol–water partition coefficient (Wildman–Crippen LogP) is 16.0. The number of nitrogens with zero attached hydrogens (tertiary/aromatic N) is 1. The fraction of sp³-hybridized carbons (Fsp3) is 0.821. The van der Waals surface area contributed by atoms with E-state index in [1.807, 2.05) is 21.1 Å². The molecular weight excluding hydrogens is 846 g/mol. The standard InChI is InChI=1S/C56H104NO8P/c1-6-8-10-12-14-16-18-20-22-24-26-28-30-32-34-36-38-40-42-44-46-48-55(58)62-52-54(53-64-66(60,61)63-51-50-57(3,4)5)65-56(59)49-47-45-43-41-39-37-35-33-31-29-27-25-23-21-19-17-15-13-11-9-7-2/h18-21,24-27,54H,6-17,22-23,28-53H2,1-5H3/b20-18-,21-19-,26-24-,27-25-. The van der Waals surface area contributed by atoms with E-state index in [0.29, 0.717) is 17.4 Å². The van der Waals surface area contributed by atoms with Crippen LogP contribution in [0, 0.1) is 0 Å². The molecule has 0 aliphatic carbocycles. The van der Waals surface area contributed by atoms with Crippen molar-refractivity contribution < 1.29 is 42.1 Å². The van der Waals surface area contributed by atoms with Crippen LogP contribution in [0.1, 0.15) is 245 Å². The van der Waals surface area contributed by atoms with Crippen LogP contribution in [-0.4, -0.2) is 70.0 Å². The highest BCUT2D eigenvalue weighted by molar-refractivity contribution is 7.45. The van der Waals surface area contributed by atoms with Crippen molar-refractivity contribution in [3.63, 3.8) is 0 Å². The van der Waals surface area contributed by atoms with Crippen LogP contribution >= 0.6 is 7.82 Å². The number of hydrogen-bond donors (Lipinski definition) is 0. The van der Waals surface area contributed by atoms with E-state index in [1.54, 1.807) is 0 Å². The van der Waals surface area contributed by atoms with Crippen molar-refractivity contribution in [3.05, 3.63) is 48.6 Å². The van der Waals surface area contributed by atoms with Gasteiger partial charge in [0.2, 0.25) is 0 Å². The molecule has 0 aromatic carbocycles. The first-order valence-corrected chi connectivity index (χ1v) is 28.8. The average Bonchev–Trinajstić information content (AvgIpc) is 3.27. The molecule has 0 aliphatic rings. The molecule has 10 heteroatoms. The molecule has 0 heterocycles. The van der Waals surface area contributed by atoms with Gasteiger partial charge in [-0.05, 0) is 77.0 Å². The van der Waals surface area contributed by atoms with Gasteiger partial charge >= 0.3 is 11.9 Å². The molecule has 0 N–H and O–H groups in total. The van der Waals surface area contributed by atoms with Gasteiger partial charge in [0.15, 0.2) is 6.10 Å². The predicted molar refractivity (Wildman–Crippen MR) is 277 cm³/mol. The summed E-state index contributed by atoms with van der Waals surface area (Å²) < 4.78 is 34.1. The number of carbonyl (C=O) groups excluding carboxylic acids is 2. The maximum absolute atomic E-state index is 12.8. The van der Waals surface area contributed by atoms with Crippen LogP contribution < -0.4 is 4.89 Å². The van der Waals surface area contributed by atoms with Crippen LogP contribution in [0.3, 0.4) is 0 Å². The number of unbranched alkanes of at least 4 members (excludes halogenated alkanes) is 28. The minimum Gasteiger partial charge on any atom is -0.756 e. The number of phosphoric ester groups is 1. The van der Waals surface area contributed by atoms with E-state index in [1.165, 1.54) is 148 Å². The first kappa shape index (κ1) is 64.0. The Kier molecular flexibility index (Phi) is 46.5. The summed E-state index contributed by atoms with van der Waals surface area (Å²) in [6, 6.07) is 0. The van der Waals surface area contributed by atoms with E-state index in [9.17, 15) is 19.0 Å². The van der Waals surface area contributed by atoms with E-state index < -0.39 is 26.5 Å². The zero-order chi connectivity index (χ0) is 48.5. The number of quaternary nitrogens is 1. The minimum absolute atomic E-state index is 0.0331. The van der Waals surface area contributed by atoms with Crippen LogP contribution in [0.25, 0.3) is 0 Å². The van der Waals surface area contributed by atoms with Gasteiger partial charge in [-0.25, -0.2) is 0 Å². The Hall–Kier alpha value is -2.03. The van der Waals surface area contributed by atoms with E-state index in [4.69, 9.17) is 18.5 Å². The molecule has 0 radical (unpaired) electrons. The van der Waals surface area contributed by atoms with Gasteiger partial charge in [0.1, 0.15) is 19.8 Å². The molecule has 0 aromatic heterocycles. The first-order chi connectivity index (χ1) is 32.0. The molecule has 0 aromatic rings. The number of rotatable bonds is 50. The van der Waals surface area contributed by atoms with E-state index in [-0.39, 0.29) is 32.0 Å². The summed E-state index contributed by atoms with van der Waals surface area (Å²) >= 11 is 0. The van der Waals surface area contributed by atoms with Crippen molar-refractivity contribution >= 4 is 19.8 Å². The first-order valence-electron chi connectivity index (χ1n) is 27.3. The molecule has 2 unspecified atom stereocenters. The topological polar surface area (TPSA) is 111 Å². The molecule has 0 aliphatic heterocycles. The monoisotopic (exact) mass is 950 g/mol. The quantitative estimate of drug-likeness (QED) is 0.0195. The molecule has 0 saturated heterocycles. The second-order valence-electron chi connectivity index (χ2n) is 19.6. The van der Waals surface area contributed by atoms with Gasteiger partial charge in [-0.15, -0.1) is 0 Å². The van der Waals surface area contributed by atoms with E-state index in [2.05, 4.69) is 62.5 Å². The molecule has 0 fully saturated rings. The molecule has 0 rings (SSSR count). The fourth-order valence-corrected chi connectivity index (χ4v) is 8.27. The SMILES string of the molecule is CCCCCCC/C=C\C/C=C\CCCCCCCCCCCC(=O)OCC(COP(=O)([O-])OCC[N+](C)(C)C)OC(=O)CCCCCCCCCCC/C=C\C/C=C\CCCCCCC. The normalized spacial score (nSPS) is 13.7. The lowest BCUT2D eigenvalue weighted by Crippen LogP contribution is -2.37. The van der Waals surface area contributed by atoms with Gasteiger partial charge < -0.3 is 27.9 Å². The van der Waals surface area contributed by atoms with E-state index in [0.717, 1.165) is 64.2 Å². The van der Waals surface area contributed by atoms with Crippen molar-refractivity contribution in [2.75, 3.05) is 47.5 Å². The average molecular weight is 950 g/mol. The number of ether oxygens (including phenoxy) is 2. The molecule has 0 amide bonds. The van der Waals surface area contributed by atoms with Gasteiger partial charge in [0.05, 0.1) is 27.7 Å². The lowest BCUT2D eigenvalue weighted by atomic mass is 10.1. The summed E-state index contributed by atoms with van der Waals surface area (Å²) in [5.41, 5.74) is 0. The van der Waals surface area contributed by atoms with Crippen molar-refractivity contribution in [1.82, 2.24) is 0 Å². The number of hydrogen-bond acceptors (Lipinski definition) is 8. The number of phosphoric acid groups is 1. The van der Waals surface area contributed by atoms with Crippen molar-refractivity contribution in [2.24, 2.45) is 0 Å². The Labute approximate surface area is 407 Å². The van der Waals surface area contributed by atoms with Gasteiger partial charge in [0, 0.05) is 12.8 Å². The van der Waals surface area contributed by atoms with E-state index >= 15 is 0 Å². The van der Waals surface area contributed by atoms with Crippen molar-refractivity contribution in [3.8, 4) is 0 Å². The minimum atomic E-state index is -4.64. The van der Waals surface area contributed by atoms with Gasteiger partial charge in [0.25, 0.3) is 7.82 Å². The zero-order valence-electron chi connectivity index (χ0n) is 43.6. The Bertz CT molecular complexity index is 1260. The highest BCUT2D eigenvalue weighted by Crippen LogP contribution is 2.38. The summed E-state index contributed by atoms with van der Waals surface area (Å²) in [6.07, 6.45) is 58.5. The zero-order valence-corrected chi connectivity index (χ0v) is 44.5. The number of likely N-dealkylation sites (N-methyl/N-ethyl adjacent to an activating group) is 1. The number of esters is 2. The number of allylic oxidation sites excluding steroid dienone is 8. The summed E-state index contributed by atoms with van der Waals surface area (Å²) in [6.45, 7) is 4.23. The molecule has 9 nitrogen and oxygen atoms in total. The molecule has 386 valence electrons. The molecule has 66 heavy (non-hydrogen) atoms. The highest BCUT2D eigenvalue weighted by Gasteiger charge is 2.21. The maximum atomic E-state index is 12.8. The van der Waals surface area contributed by atoms with Crippen LogP contribution in [0.4, 0.5) is 0 Å². The Balaban J connectivity index is 4.23. The van der Waals surface area contributed by atoms with Gasteiger partial charge in [-0.3, -0.25) is 14.2 Å². The third kappa shape index (κ3) is 51.4. The molecule has 0 spiro atoms. The molecule has 2 atom stereocenters. The smallest absolute Gasteiger partial charge is 0.306 e. The molecular formula is C56H104NO8P. The lowest BCUT2D eigenvalue weighted by molar-refractivity contribution is -0.870.